The molecule has 2 fully saturated rings. The lowest BCUT2D eigenvalue weighted by atomic mass is 9.83. The van der Waals surface area contributed by atoms with E-state index in [2.05, 4.69) is 0 Å². The van der Waals surface area contributed by atoms with Crippen molar-refractivity contribution in [1.29, 1.82) is 0 Å². The number of rotatable bonds is 1. The monoisotopic (exact) mass is 324 g/mol. The summed E-state index contributed by atoms with van der Waals surface area (Å²) in [5.74, 6) is -0.782. The highest BCUT2D eigenvalue weighted by molar-refractivity contribution is 8.16. The minimum atomic E-state index is -0.746. The van der Waals surface area contributed by atoms with Gasteiger partial charge < -0.3 is 4.74 Å². The van der Waals surface area contributed by atoms with E-state index >= 15 is 0 Å². The van der Waals surface area contributed by atoms with Gasteiger partial charge in [0, 0.05) is 11.6 Å². The molecule has 0 aromatic heterocycles. The van der Waals surface area contributed by atoms with Crippen LogP contribution in [0.2, 0.25) is 5.02 Å². The summed E-state index contributed by atoms with van der Waals surface area (Å²) in [6.07, 6.45) is 1.53. The quantitative estimate of drug-likeness (QED) is 0.742. The van der Waals surface area contributed by atoms with Crippen LogP contribution in [-0.2, 0) is 14.3 Å². The molecule has 2 aliphatic rings. The summed E-state index contributed by atoms with van der Waals surface area (Å²) in [7, 11) is 0. The van der Waals surface area contributed by atoms with Gasteiger partial charge in [-0.25, -0.2) is 0 Å². The topological polar surface area (TPSA) is 43.4 Å². The summed E-state index contributed by atoms with van der Waals surface area (Å²) in [6, 6.07) is 3.78. The highest BCUT2D eigenvalue weighted by Gasteiger charge is 2.55. The molecule has 3 rings (SSSR count). The maximum atomic E-state index is 12.9. The minimum Gasteiger partial charge on any atom is -0.380 e. The maximum absolute atomic E-state index is 12.9. The Bertz CT molecular complexity index is 597. The van der Waals surface area contributed by atoms with Gasteiger partial charge in [-0.15, -0.1) is 0 Å². The second kappa shape index (κ2) is 5.41. The van der Waals surface area contributed by atoms with Crippen molar-refractivity contribution >= 4 is 34.3 Å². The molecular weight excluding hydrogens is 308 g/mol. The van der Waals surface area contributed by atoms with E-state index in [0.29, 0.717) is 30.2 Å². The Kier molecular flexibility index (Phi) is 3.89. The molecule has 2 atom stereocenters. The molecule has 0 radical (unpaired) electrons. The molecule has 0 bridgehead atoms. The van der Waals surface area contributed by atoms with Gasteiger partial charge in [-0.2, -0.15) is 0 Å². The van der Waals surface area contributed by atoms with Crippen LogP contribution < -0.4 is 0 Å². The number of aryl methyl sites for hydroxylation is 2. The van der Waals surface area contributed by atoms with Crippen LogP contribution in [-0.4, -0.2) is 28.9 Å². The highest BCUT2D eigenvalue weighted by atomic mass is 35.5. The minimum absolute atomic E-state index is 0.0361. The van der Waals surface area contributed by atoms with Crippen molar-refractivity contribution in [3.05, 3.63) is 33.8 Å². The molecule has 0 N–H and O–H groups in total. The Morgan fingerprint density at radius 3 is 2.71 bits per heavy atom. The van der Waals surface area contributed by atoms with E-state index < -0.39 is 10.7 Å². The standard InChI is InChI=1S/C16H17ClO3S/c1-9-6-10(2)12(11(17)7-9)13-14(18)16(21-15(13)19)4-3-5-20-8-16/h6-7,13H,3-5,8H2,1-2H3. The largest absolute Gasteiger partial charge is 0.380 e. The average Bonchev–Trinajstić information content (AvgIpc) is 2.63. The highest BCUT2D eigenvalue weighted by Crippen LogP contribution is 2.50. The molecule has 2 saturated heterocycles. The van der Waals surface area contributed by atoms with Gasteiger partial charge in [0.05, 0.1) is 6.61 Å². The molecule has 1 spiro atoms. The number of thioether (sulfide) groups is 1. The van der Waals surface area contributed by atoms with Gasteiger partial charge in [0.2, 0.25) is 5.12 Å². The first-order valence-electron chi connectivity index (χ1n) is 7.06. The normalized spacial score (nSPS) is 29.4. The summed E-state index contributed by atoms with van der Waals surface area (Å²) in [5.41, 5.74) is 2.61. The van der Waals surface area contributed by atoms with Crippen molar-refractivity contribution in [3.8, 4) is 0 Å². The number of halogens is 1. The zero-order valence-electron chi connectivity index (χ0n) is 12.1. The predicted molar refractivity (Wildman–Crippen MR) is 84.1 cm³/mol. The third-order valence-electron chi connectivity index (χ3n) is 4.22. The van der Waals surface area contributed by atoms with Crippen molar-refractivity contribution in [3.63, 3.8) is 0 Å². The van der Waals surface area contributed by atoms with Crippen molar-refractivity contribution in [2.24, 2.45) is 0 Å². The van der Waals surface area contributed by atoms with Gasteiger partial charge >= 0.3 is 0 Å². The number of carbonyl (C=O) groups is 2. The molecule has 21 heavy (non-hydrogen) atoms. The first-order chi connectivity index (χ1) is 9.94. The molecule has 0 amide bonds. The number of Topliss-reactive ketones (excluding diaryl/α,β-unsaturated/α-hetero) is 1. The number of hydrogen-bond donors (Lipinski definition) is 0. The number of ketones is 1. The first kappa shape index (κ1) is 15.1. The fraction of sp³-hybridized carbons (Fsp3) is 0.500. The van der Waals surface area contributed by atoms with E-state index in [1.54, 1.807) is 0 Å². The van der Waals surface area contributed by atoms with Gasteiger partial charge in [0.1, 0.15) is 10.7 Å². The van der Waals surface area contributed by atoms with E-state index in [0.717, 1.165) is 29.3 Å². The second-order valence-electron chi connectivity index (χ2n) is 5.85. The van der Waals surface area contributed by atoms with Crippen molar-refractivity contribution < 1.29 is 14.3 Å². The molecule has 0 saturated carbocycles. The summed E-state index contributed by atoms with van der Waals surface area (Å²) >= 11 is 7.48. The fourth-order valence-corrected chi connectivity index (χ4v) is 5.02. The Hall–Kier alpha value is -0.840. The zero-order chi connectivity index (χ0) is 15.2. The third kappa shape index (κ3) is 2.43. The van der Waals surface area contributed by atoms with E-state index in [1.165, 1.54) is 0 Å². The zero-order valence-corrected chi connectivity index (χ0v) is 13.6. The molecular formula is C16H17ClO3S. The van der Waals surface area contributed by atoms with Gasteiger partial charge in [-0.1, -0.05) is 29.4 Å². The lowest BCUT2D eigenvalue weighted by molar-refractivity contribution is -0.127. The Morgan fingerprint density at radius 1 is 1.33 bits per heavy atom. The number of benzene rings is 1. The Balaban J connectivity index is 2.04. The van der Waals surface area contributed by atoms with Gasteiger partial charge in [0.15, 0.2) is 5.78 Å². The molecule has 112 valence electrons. The van der Waals surface area contributed by atoms with E-state index in [-0.39, 0.29) is 10.9 Å². The van der Waals surface area contributed by atoms with Crippen LogP contribution in [0.1, 0.15) is 35.4 Å². The number of hydrogen-bond acceptors (Lipinski definition) is 4. The Morgan fingerprint density at radius 2 is 2.10 bits per heavy atom. The Labute approximate surface area is 133 Å². The van der Waals surface area contributed by atoms with Crippen molar-refractivity contribution in [1.82, 2.24) is 0 Å². The van der Waals surface area contributed by atoms with Crippen LogP contribution in [0, 0.1) is 13.8 Å². The second-order valence-corrected chi connectivity index (χ2v) is 7.64. The van der Waals surface area contributed by atoms with Crippen molar-refractivity contribution in [2.75, 3.05) is 13.2 Å². The van der Waals surface area contributed by atoms with Gasteiger partial charge in [0.25, 0.3) is 0 Å². The van der Waals surface area contributed by atoms with Crippen LogP contribution in [0.5, 0.6) is 0 Å². The molecule has 1 aromatic rings. The lowest BCUT2D eigenvalue weighted by Gasteiger charge is -2.30. The molecule has 2 aliphatic heterocycles. The van der Waals surface area contributed by atoms with Crippen molar-refractivity contribution in [2.45, 2.75) is 37.4 Å². The molecule has 2 heterocycles. The third-order valence-corrected chi connectivity index (χ3v) is 5.88. The fourth-order valence-electron chi connectivity index (χ4n) is 3.26. The van der Waals surface area contributed by atoms with Gasteiger partial charge in [-0.05, 0) is 49.4 Å². The lowest BCUT2D eigenvalue weighted by Crippen LogP contribution is -2.41. The SMILES string of the molecule is Cc1cc(C)c(C2C(=O)SC3(CCCOC3)C2=O)c(Cl)c1. The van der Waals surface area contributed by atoms with E-state index in [4.69, 9.17) is 16.3 Å². The molecule has 5 heteroatoms. The van der Waals surface area contributed by atoms with Crippen LogP contribution in [0.15, 0.2) is 12.1 Å². The maximum Gasteiger partial charge on any atom is 0.205 e. The smallest absolute Gasteiger partial charge is 0.205 e. The van der Waals surface area contributed by atoms with Crippen LogP contribution in [0.3, 0.4) is 0 Å². The summed E-state index contributed by atoms with van der Waals surface area (Å²) < 4.78 is 4.77. The summed E-state index contributed by atoms with van der Waals surface area (Å²) in [4.78, 5) is 25.4. The first-order valence-corrected chi connectivity index (χ1v) is 8.26. The van der Waals surface area contributed by atoms with E-state index in [9.17, 15) is 9.59 Å². The predicted octanol–water partition coefficient (Wildman–Crippen LogP) is 3.43. The molecule has 0 aliphatic carbocycles. The van der Waals surface area contributed by atoms with Crippen LogP contribution >= 0.6 is 23.4 Å². The molecule has 3 nitrogen and oxygen atoms in total. The number of ether oxygens (including phenoxy) is 1. The van der Waals surface area contributed by atoms with Crippen LogP contribution in [0.4, 0.5) is 0 Å². The van der Waals surface area contributed by atoms with Crippen LogP contribution in [0.25, 0.3) is 0 Å². The molecule has 1 aromatic carbocycles. The summed E-state index contributed by atoms with van der Waals surface area (Å²) in [5, 5.41) is 0.410. The summed E-state index contributed by atoms with van der Waals surface area (Å²) in [6.45, 7) is 4.86. The van der Waals surface area contributed by atoms with E-state index in [1.807, 2.05) is 26.0 Å². The average molecular weight is 325 g/mol. The number of carbonyl (C=O) groups excluding carboxylic acids is 2. The van der Waals surface area contributed by atoms with Gasteiger partial charge in [-0.3, -0.25) is 9.59 Å². The molecule has 2 unspecified atom stereocenters.